The SMILES string of the molecule is Cc1nccc(N2CCC[C@@H](F)C2)n1. The van der Waals surface area contributed by atoms with E-state index in [1.54, 1.807) is 6.20 Å². The van der Waals surface area contributed by atoms with Crippen LogP contribution in [0.1, 0.15) is 18.7 Å². The zero-order chi connectivity index (χ0) is 9.97. The van der Waals surface area contributed by atoms with Crippen molar-refractivity contribution in [2.45, 2.75) is 25.9 Å². The molecule has 0 saturated carbocycles. The first kappa shape index (κ1) is 9.37. The fourth-order valence-electron chi connectivity index (χ4n) is 1.75. The van der Waals surface area contributed by atoms with E-state index in [4.69, 9.17) is 0 Å². The van der Waals surface area contributed by atoms with Gasteiger partial charge < -0.3 is 4.90 Å². The number of rotatable bonds is 1. The van der Waals surface area contributed by atoms with Crippen molar-refractivity contribution in [3.05, 3.63) is 18.1 Å². The summed E-state index contributed by atoms with van der Waals surface area (Å²) in [6, 6.07) is 1.84. The molecule has 76 valence electrons. The highest BCUT2D eigenvalue weighted by atomic mass is 19.1. The van der Waals surface area contributed by atoms with Crippen LogP contribution >= 0.6 is 0 Å². The summed E-state index contributed by atoms with van der Waals surface area (Å²) in [6.45, 7) is 3.22. The molecule has 1 aromatic heterocycles. The zero-order valence-corrected chi connectivity index (χ0v) is 8.28. The van der Waals surface area contributed by atoms with E-state index in [0.717, 1.165) is 24.6 Å². The number of aryl methyl sites for hydroxylation is 1. The van der Waals surface area contributed by atoms with Crippen molar-refractivity contribution in [3.63, 3.8) is 0 Å². The smallest absolute Gasteiger partial charge is 0.132 e. The van der Waals surface area contributed by atoms with Gasteiger partial charge in [0.1, 0.15) is 17.8 Å². The Morgan fingerprint density at radius 1 is 1.57 bits per heavy atom. The summed E-state index contributed by atoms with van der Waals surface area (Å²) in [5.74, 6) is 1.59. The third-order valence-electron chi connectivity index (χ3n) is 2.45. The normalized spacial score (nSPS) is 22.4. The lowest BCUT2D eigenvalue weighted by atomic mass is 10.1. The second kappa shape index (κ2) is 3.90. The van der Waals surface area contributed by atoms with Crippen LogP contribution in [0.15, 0.2) is 12.3 Å². The maximum atomic E-state index is 13.1. The molecule has 1 fully saturated rings. The van der Waals surface area contributed by atoms with E-state index < -0.39 is 6.17 Å². The van der Waals surface area contributed by atoms with E-state index in [1.807, 2.05) is 17.9 Å². The molecule has 1 atom stereocenters. The Morgan fingerprint density at radius 2 is 2.43 bits per heavy atom. The van der Waals surface area contributed by atoms with Gasteiger partial charge in [0.2, 0.25) is 0 Å². The van der Waals surface area contributed by atoms with E-state index in [0.29, 0.717) is 13.0 Å². The van der Waals surface area contributed by atoms with Gasteiger partial charge in [-0.05, 0) is 25.8 Å². The molecule has 1 aliphatic heterocycles. The number of hydrogen-bond donors (Lipinski definition) is 0. The average Bonchev–Trinajstić information content (AvgIpc) is 2.18. The molecule has 1 aromatic rings. The zero-order valence-electron chi connectivity index (χ0n) is 8.28. The van der Waals surface area contributed by atoms with Gasteiger partial charge in [-0.2, -0.15) is 0 Å². The Bertz CT molecular complexity index is 316. The molecule has 1 saturated heterocycles. The van der Waals surface area contributed by atoms with Gasteiger partial charge in [-0.1, -0.05) is 0 Å². The Kier molecular flexibility index (Phi) is 2.61. The lowest BCUT2D eigenvalue weighted by Gasteiger charge is -2.29. The first-order valence-electron chi connectivity index (χ1n) is 4.94. The Morgan fingerprint density at radius 3 is 3.14 bits per heavy atom. The Balaban J connectivity index is 2.14. The maximum Gasteiger partial charge on any atom is 0.132 e. The summed E-state index contributed by atoms with van der Waals surface area (Å²) in [7, 11) is 0. The third-order valence-corrected chi connectivity index (χ3v) is 2.45. The molecule has 0 aliphatic carbocycles. The summed E-state index contributed by atoms with van der Waals surface area (Å²) in [6.07, 6.45) is 2.60. The molecule has 2 heterocycles. The quantitative estimate of drug-likeness (QED) is 0.683. The lowest BCUT2D eigenvalue weighted by Crippen LogP contribution is -2.36. The van der Waals surface area contributed by atoms with Crippen LogP contribution in [0, 0.1) is 6.92 Å². The molecule has 0 aromatic carbocycles. The molecule has 0 spiro atoms. The lowest BCUT2D eigenvalue weighted by molar-refractivity contribution is 0.286. The van der Waals surface area contributed by atoms with E-state index in [9.17, 15) is 4.39 Å². The van der Waals surface area contributed by atoms with Crippen LogP contribution in [0.3, 0.4) is 0 Å². The monoisotopic (exact) mass is 195 g/mol. The van der Waals surface area contributed by atoms with Crippen LogP contribution in [0.25, 0.3) is 0 Å². The second-order valence-electron chi connectivity index (χ2n) is 3.65. The molecular weight excluding hydrogens is 181 g/mol. The van der Waals surface area contributed by atoms with Crippen LogP contribution in [0.2, 0.25) is 0 Å². The van der Waals surface area contributed by atoms with Crippen molar-refractivity contribution in [1.29, 1.82) is 0 Å². The van der Waals surface area contributed by atoms with Crippen molar-refractivity contribution in [2.24, 2.45) is 0 Å². The maximum absolute atomic E-state index is 13.1. The highest BCUT2D eigenvalue weighted by Crippen LogP contribution is 2.18. The molecule has 3 nitrogen and oxygen atoms in total. The standard InChI is InChI=1S/C10H14FN3/c1-8-12-5-4-10(13-8)14-6-2-3-9(11)7-14/h4-5,9H,2-3,6-7H2,1H3/t9-/m1/s1. The van der Waals surface area contributed by atoms with Gasteiger partial charge in [-0.25, -0.2) is 14.4 Å². The topological polar surface area (TPSA) is 29.0 Å². The molecule has 0 bridgehead atoms. The molecule has 2 rings (SSSR count). The van der Waals surface area contributed by atoms with Crippen molar-refractivity contribution in [1.82, 2.24) is 9.97 Å². The van der Waals surface area contributed by atoms with E-state index in [1.165, 1.54) is 0 Å². The van der Waals surface area contributed by atoms with Gasteiger partial charge in [0.25, 0.3) is 0 Å². The number of aromatic nitrogens is 2. The van der Waals surface area contributed by atoms with Crippen molar-refractivity contribution in [2.75, 3.05) is 18.0 Å². The number of halogens is 1. The molecule has 0 N–H and O–H groups in total. The van der Waals surface area contributed by atoms with Gasteiger partial charge in [-0.3, -0.25) is 0 Å². The fraction of sp³-hybridized carbons (Fsp3) is 0.600. The summed E-state index contributed by atoms with van der Waals surface area (Å²) in [5.41, 5.74) is 0. The fourth-order valence-corrected chi connectivity index (χ4v) is 1.75. The van der Waals surface area contributed by atoms with Crippen LogP contribution in [0.4, 0.5) is 10.2 Å². The predicted octanol–water partition coefficient (Wildman–Crippen LogP) is 1.72. The first-order chi connectivity index (χ1) is 6.75. The molecular formula is C10H14FN3. The molecule has 14 heavy (non-hydrogen) atoms. The number of hydrogen-bond acceptors (Lipinski definition) is 3. The van der Waals surface area contributed by atoms with E-state index >= 15 is 0 Å². The molecule has 4 heteroatoms. The van der Waals surface area contributed by atoms with E-state index in [2.05, 4.69) is 9.97 Å². The second-order valence-corrected chi connectivity index (χ2v) is 3.65. The highest BCUT2D eigenvalue weighted by molar-refractivity contribution is 5.38. The summed E-state index contributed by atoms with van der Waals surface area (Å²) in [4.78, 5) is 10.3. The minimum Gasteiger partial charge on any atom is -0.354 e. The third kappa shape index (κ3) is 2.00. The minimum absolute atomic E-state index is 0.469. The molecule has 0 unspecified atom stereocenters. The number of piperidine rings is 1. The van der Waals surface area contributed by atoms with Crippen LogP contribution in [-0.4, -0.2) is 29.2 Å². The van der Waals surface area contributed by atoms with Gasteiger partial charge in [0.15, 0.2) is 0 Å². The molecule has 0 radical (unpaired) electrons. The Labute approximate surface area is 83.0 Å². The highest BCUT2D eigenvalue weighted by Gasteiger charge is 2.19. The van der Waals surface area contributed by atoms with E-state index in [-0.39, 0.29) is 0 Å². The van der Waals surface area contributed by atoms with Crippen molar-refractivity contribution >= 4 is 5.82 Å². The Hall–Kier alpha value is -1.19. The van der Waals surface area contributed by atoms with Crippen molar-refractivity contribution in [3.8, 4) is 0 Å². The van der Waals surface area contributed by atoms with Gasteiger partial charge in [0.05, 0.1) is 6.54 Å². The summed E-state index contributed by atoms with van der Waals surface area (Å²) >= 11 is 0. The number of nitrogens with zero attached hydrogens (tertiary/aromatic N) is 3. The van der Waals surface area contributed by atoms with Gasteiger partial charge in [-0.15, -0.1) is 0 Å². The summed E-state index contributed by atoms with van der Waals surface area (Å²) in [5, 5.41) is 0. The van der Waals surface area contributed by atoms with Gasteiger partial charge >= 0.3 is 0 Å². The molecule has 0 amide bonds. The number of anilines is 1. The molecule has 1 aliphatic rings. The van der Waals surface area contributed by atoms with Crippen LogP contribution in [-0.2, 0) is 0 Å². The van der Waals surface area contributed by atoms with Gasteiger partial charge in [0, 0.05) is 12.7 Å². The van der Waals surface area contributed by atoms with Crippen molar-refractivity contribution < 1.29 is 4.39 Å². The summed E-state index contributed by atoms with van der Waals surface area (Å²) < 4.78 is 13.1. The largest absolute Gasteiger partial charge is 0.354 e. The van der Waals surface area contributed by atoms with Crippen LogP contribution < -0.4 is 4.90 Å². The minimum atomic E-state index is -0.709. The first-order valence-corrected chi connectivity index (χ1v) is 4.94. The van der Waals surface area contributed by atoms with Crippen LogP contribution in [0.5, 0.6) is 0 Å². The number of alkyl halides is 1. The predicted molar refractivity (Wildman–Crippen MR) is 53.1 cm³/mol. The average molecular weight is 195 g/mol.